The highest BCUT2D eigenvalue weighted by atomic mass is 32.2. The van der Waals surface area contributed by atoms with Crippen molar-refractivity contribution in [2.75, 3.05) is 25.4 Å². The van der Waals surface area contributed by atoms with E-state index in [4.69, 9.17) is 14.3 Å². The van der Waals surface area contributed by atoms with Gasteiger partial charge in [-0.05, 0) is 31.4 Å². The lowest BCUT2D eigenvalue weighted by molar-refractivity contribution is -0.134. The molecule has 0 aliphatic heterocycles. The molecule has 1 aliphatic carbocycles. The fourth-order valence-corrected chi connectivity index (χ4v) is 4.16. The molecule has 0 saturated heterocycles. The zero-order valence-electron chi connectivity index (χ0n) is 18.1. The van der Waals surface area contributed by atoms with Crippen molar-refractivity contribution in [3.8, 4) is 5.75 Å². The van der Waals surface area contributed by atoms with Crippen molar-refractivity contribution in [3.63, 3.8) is 0 Å². The van der Waals surface area contributed by atoms with Crippen LogP contribution in [0.5, 0.6) is 5.75 Å². The molecule has 2 N–H and O–H groups in total. The molecule has 32 heavy (non-hydrogen) atoms. The molecule has 0 bridgehead atoms. The van der Waals surface area contributed by atoms with Crippen LogP contribution in [-0.4, -0.2) is 63.5 Å². The average Bonchev–Trinajstić information content (AvgIpc) is 3.28. The molecule has 1 fully saturated rings. The number of nitrogens with zero attached hydrogens (tertiary/aromatic N) is 3. The smallest absolute Gasteiger partial charge is 0.277 e. The van der Waals surface area contributed by atoms with Crippen LogP contribution in [-0.2, 0) is 16.2 Å². The van der Waals surface area contributed by atoms with Crippen molar-refractivity contribution >= 4 is 23.6 Å². The first-order valence-corrected chi connectivity index (χ1v) is 11.9. The van der Waals surface area contributed by atoms with E-state index in [1.54, 1.807) is 0 Å². The molecule has 1 heterocycles. The number of thioether (sulfide) groups is 1. The number of amides is 2. The van der Waals surface area contributed by atoms with E-state index in [2.05, 4.69) is 15.5 Å². The number of aliphatic hydroxyl groups excluding tert-OH is 1. The Morgan fingerprint density at radius 1 is 1.19 bits per heavy atom. The summed E-state index contributed by atoms with van der Waals surface area (Å²) >= 11 is 1.11. The summed E-state index contributed by atoms with van der Waals surface area (Å²) < 4.78 is 11.1. The van der Waals surface area contributed by atoms with Crippen LogP contribution in [0, 0.1) is 0 Å². The zero-order chi connectivity index (χ0) is 22.6. The van der Waals surface area contributed by atoms with E-state index in [1.165, 1.54) is 11.3 Å². The number of carbonyl (C=O) groups excluding carboxylic acids is 2. The number of aliphatic hydroxyl groups is 1. The lowest BCUT2D eigenvalue weighted by Crippen LogP contribution is -2.45. The molecule has 2 amide bonds. The number of hydrogen-bond donors (Lipinski definition) is 2. The number of nitrogens with one attached hydrogen (secondary N) is 1. The Labute approximate surface area is 191 Å². The summed E-state index contributed by atoms with van der Waals surface area (Å²) in [5, 5.41) is 20.3. The van der Waals surface area contributed by atoms with Gasteiger partial charge in [0.15, 0.2) is 6.61 Å². The van der Waals surface area contributed by atoms with Crippen molar-refractivity contribution in [2.45, 2.75) is 56.4 Å². The summed E-state index contributed by atoms with van der Waals surface area (Å²) in [4.78, 5) is 26.6. The van der Waals surface area contributed by atoms with Crippen LogP contribution < -0.4 is 10.1 Å². The SMILES string of the molecule is O=C(CN(CCCO)C(=O)CSc1nnc(COc2ccccc2)o1)NC1CCCCC1. The Hall–Kier alpha value is -2.59. The summed E-state index contributed by atoms with van der Waals surface area (Å²) in [6.45, 7) is 0.384. The van der Waals surface area contributed by atoms with Gasteiger partial charge in [0.05, 0.1) is 12.3 Å². The van der Waals surface area contributed by atoms with Crippen LogP contribution in [0.1, 0.15) is 44.4 Å². The van der Waals surface area contributed by atoms with Gasteiger partial charge < -0.3 is 24.5 Å². The molecule has 0 unspecified atom stereocenters. The maximum absolute atomic E-state index is 12.7. The molecule has 0 spiro atoms. The first-order valence-electron chi connectivity index (χ1n) is 10.9. The van der Waals surface area contributed by atoms with E-state index in [0.717, 1.165) is 37.4 Å². The first kappa shape index (κ1) is 24.1. The average molecular weight is 463 g/mol. The van der Waals surface area contributed by atoms with Crippen molar-refractivity contribution < 1.29 is 23.8 Å². The lowest BCUT2D eigenvalue weighted by Gasteiger charge is -2.26. The lowest BCUT2D eigenvalue weighted by atomic mass is 9.95. The number of ether oxygens (including phenoxy) is 1. The molecule has 0 atom stereocenters. The van der Waals surface area contributed by atoms with Gasteiger partial charge in [-0.15, -0.1) is 10.2 Å². The van der Waals surface area contributed by atoms with Crippen LogP contribution >= 0.6 is 11.8 Å². The summed E-state index contributed by atoms with van der Waals surface area (Å²) in [6, 6.07) is 9.48. The minimum atomic E-state index is -0.220. The van der Waals surface area contributed by atoms with E-state index in [9.17, 15) is 9.59 Å². The van der Waals surface area contributed by atoms with Gasteiger partial charge >= 0.3 is 0 Å². The summed E-state index contributed by atoms with van der Waals surface area (Å²) in [5.74, 6) is 0.686. The second-order valence-corrected chi connectivity index (χ2v) is 8.57. The van der Waals surface area contributed by atoms with E-state index < -0.39 is 0 Å². The molecule has 174 valence electrons. The molecule has 0 radical (unpaired) electrons. The van der Waals surface area contributed by atoms with Gasteiger partial charge in [-0.1, -0.05) is 49.2 Å². The second kappa shape index (κ2) is 13.1. The Morgan fingerprint density at radius 2 is 1.97 bits per heavy atom. The highest BCUT2D eigenvalue weighted by Crippen LogP contribution is 2.19. The number of rotatable bonds is 12. The number of hydrogen-bond acceptors (Lipinski definition) is 8. The Bertz CT molecular complexity index is 842. The molecule has 1 aliphatic rings. The predicted molar refractivity (Wildman–Crippen MR) is 119 cm³/mol. The van der Waals surface area contributed by atoms with Gasteiger partial charge in [-0.3, -0.25) is 9.59 Å². The van der Waals surface area contributed by atoms with Gasteiger partial charge in [-0.25, -0.2) is 0 Å². The third-order valence-electron chi connectivity index (χ3n) is 5.12. The predicted octanol–water partition coefficient (Wildman–Crippen LogP) is 2.40. The third-order valence-corrected chi connectivity index (χ3v) is 5.92. The molecule has 10 heteroatoms. The van der Waals surface area contributed by atoms with Crippen molar-refractivity contribution in [1.29, 1.82) is 0 Å². The molecule has 3 rings (SSSR count). The maximum Gasteiger partial charge on any atom is 0.277 e. The molecule has 1 saturated carbocycles. The van der Waals surface area contributed by atoms with Crippen LogP contribution in [0.4, 0.5) is 0 Å². The second-order valence-electron chi connectivity index (χ2n) is 7.65. The highest BCUT2D eigenvalue weighted by molar-refractivity contribution is 7.99. The Kier molecular flexibility index (Phi) is 9.83. The van der Waals surface area contributed by atoms with Gasteiger partial charge in [0.1, 0.15) is 5.75 Å². The fourth-order valence-electron chi connectivity index (χ4n) is 3.48. The quantitative estimate of drug-likeness (QED) is 0.462. The maximum atomic E-state index is 12.7. The van der Waals surface area contributed by atoms with Gasteiger partial charge in [0.2, 0.25) is 11.8 Å². The van der Waals surface area contributed by atoms with Crippen molar-refractivity contribution in [2.24, 2.45) is 0 Å². The van der Waals surface area contributed by atoms with Crippen LogP contribution in [0.15, 0.2) is 40.0 Å². The van der Waals surface area contributed by atoms with Crippen molar-refractivity contribution in [3.05, 3.63) is 36.2 Å². The zero-order valence-corrected chi connectivity index (χ0v) is 18.9. The standard InChI is InChI=1S/C22H30N4O5S/c27-13-7-12-26(14-19(28)23-17-8-3-1-4-9-17)21(29)16-32-22-25-24-20(31-22)15-30-18-10-5-2-6-11-18/h2,5-6,10-11,17,27H,1,3-4,7-9,12-16H2,(H,23,28). The molecular formula is C22H30N4O5S. The normalized spacial score (nSPS) is 14.2. The number of para-hydroxylation sites is 1. The number of aromatic nitrogens is 2. The van der Waals surface area contributed by atoms with Crippen LogP contribution in [0.25, 0.3) is 0 Å². The van der Waals surface area contributed by atoms with Gasteiger partial charge in [-0.2, -0.15) is 0 Å². The van der Waals surface area contributed by atoms with E-state index in [0.29, 0.717) is 24.6 Å². The van der Waals surface area contributed by atoms with Crippen LogP contribution in [0.2, 0.25) is 0 Å². The highest BCUT2D eigenvalue weighted by Gasteiger charge is 2.21. The molecule has 1 aromatic carbocycles. The Morgan fingerprint density at radius 3 is 2.72 bits per heavy atom. The monoisotopic (exact) mass is 462 g/mol. The Balaban J connectivity index is 1.45. The van der Waals surface area contributed by atoms with E-state index in [1.807, 2.05) is 30.3 Å². The molecule has 1 aromatic heterocycles. The number of benzene rings is 1. The van der Waals surface area contributed by atoms with E-state index in [-0.39, 0.29) is 48.6 Å². The van der Waals surface area contributed by atoms with Crippen molar-refractivity contribution in [1.82, 2.24) is 20.4 Å². The van der Waals surface area contributed by atoms with Gasteiger partial charge in [0, 0.05) is 19.2 Å². The van der Waals surface area contributed by atoms with E-state index >= 15 is 0 Å². The summed E-state index contributed by atoms with van der Waals surface area (Å²) in [5.41, 5.74) is 0. The summed E-state index contributed by atoms with van der Waals surface area (Å²) in [7, 11) is 0. The molecule has 9 nitrogen and oxygen atoms in total. The first-order chi connectivity index (χ1) is 15.6. The number of carbonyl (C=O) groups is 2. The molecule has 2 aromatic rings. The van der Waals surface area contributed by atoms with Gasteiger partial charge in [0.25, 0.3) is 11.1 Å². The molecular weight excluding hydrogens is 432 g/mol. The topological polar surface area (TPSA) is 118 Å². The largest absolute Gasteiger partial charge is 0.484 e. The minimum Gasteiger partial charge on any atom is -0.484 e. The minimum absolute atomic E-state index is 0.0180. The summed E-state index contributed by atoms with van der Waals surface area (Å²) in [6.07, 6.45) is 5.84. The third kappa shape index (κ3) is 8.16. The fraction of sp³-hybridized carbons (Fsp3) is 0.545. The van der Waals surface area contributed by atoms with Crippen LogP contribution in [0.3, 0.4) is 0 Å².